The Morgan fingerprint density at radius 1 is 0.389 bits per heavy atom. The van der Waals surface area contributed by atoms with Crippen LogP contribution in [0.25, 0.3) is 89.2 Å². The summed E-state index contributed by atoms with van der Waals surface area (Å²) in [5, 5.41) is 24.8. The van der Waals surface area contributed by atoms with Crippen LogP contribution in [0.15, 0.2) is 164 Å². The van der Waals surface area contributed by atoms with Gasteiger partial charge in [-0.2, -0.15) is 10.5 Å². The minimum absolute atomic E-state index is 0.489. The fourth-order valence-electron chi connectivity index (χ4n) is 7.58. The van der Waals surface area contributed by atoms with Gasteiger partial charge in [-0.15, -0.1) is 0 Å². The molecule has 0 aliphatic rings. The Kier molecular flexibility index (Phi) is 7.11. The lowest BCUT2D eigenvalue weighted by Gasteiger charge is -2.13. The molecule has 0 atom stereocenters. The molecule has 0 N–H and O–H groups in total. The van der Waals surface area contributed by atoms with E-state index in [2.05, 4.69) is 63.7 Å². The fourth-order valence-corrected chi connectivity index (χ4v) is 7.58. The van der Waals surface area contributed by atoms with Crippen LogP contribution in [0.2, 0.25) is 0 Å². The zero-order valence-electron chi connectivity index (χ0n) is 28.7. The lowest BCUT2D eigenvalue weighted by atomic mass is 10.1. The van der Waals surface area contributed by atoms with E-state index in [1.54, 1.807) is 0 Å². The van der Waals surface area contributed by atoms with Crippen molar-refractivity contribution in [2.75, 3.05) is 0 Å². The van der Waals surface area contributed by atoms with Crippen LogP contribution in [0.1, 0.15) is 11.1 Å². The van der Waals surface area contributed by atoms with E-state index in [9.17, 15) is 10.5 Å². The lowest BCUT2D eigenvalue weighted by molar-refractivity contribution is 1.07. The van der Waals surface area contributed by atoms with E-state index in [0.717, 1.165) is 71.7 Å². The highest BCUT2D eigenvalue weighted by Gasteiger charge is 2.21. The molecule has 0 unspecified atom stereocenters. The van der Waals surface area contributed by atoms with Crippen molar-refractivity contribution in [2.45, 2.75) is 0 Å². The maximum Gasteiger partial charge on any atom is 0.164 e. The van der Waals surface area contributed by atoms with Gasteiger partial charge in [-0.3, -0.25) is 0 Å². The van der Waals surface area contributed by atoms with Gasteiger partial charge >= 0.3 is 0 Å². The molecule has 7 nitrogen and oxygen atoms in total. The largest absolute Gasteiger partial charge is 0.309 e. The van der Waals surface area contributed by atoms with Crippen molar-refractivity contribution in [3.8, 4) is 57.7 Å². The first-order valence-corrected chi connectivity index (χ1v) is 17.6. The third kappa shape index (κ3) is 4.92. The van der Waals surface area contributed by atoms with E-state index in [1.807, 2.05) is 121 Å². The van der Waals surface area contributed by atoms with E-state index in [4.69, 9.17) is 15.0 Å². The molecule has 0 bridgehead atoms. The molecule has 0 aliphatic carbocycles. The van der Waals surface area contributed by atoms with E-state index in [0.29, 0.717) is 28.6 Å². The van der Waals surface area contributed by atoms with Crippen LogP contribution >= 0.6 is 0 Å². The van der Waals surface area contributed by atoms with Crippen molar-refractivity contribution >= 4 is 43.6 Å². The van der Waals surface area contributed by atoms with Gasteiger partial charge in [0.2, 0.25) is 0 Å². The van der Waals surface area contributed by atoms with Crippen LogP contribution in [0.4, 0.5) is 0 Å². The topological polar surface area (TPSA) is 96.1 Å². The van der Waals surface area contributed by atoms with Gasteiger partial charge in [0.1, 0.15) is 6.07 Å². The molecule has 10 aromatic rings. The van der Waals surface area contributed by atoms with Crippen LogP contribution < -0.4 is 0 Å². The van der Waals surface area contributed by atoms with Gasteiger partial charge in [0.25, 0.3) is 0 Å². The van der Waals surface area contributed by atoms with Crippen LogP contribution in [0.3, 0.4) is 0 Å². The van der Waals surface area contributed by atoms with Gasteiger partial charge in [-0.25, -0.2) is 15.0 Å². The lowest BCUT2D eigenvalue weighted by Crippen LogP contribution is -2.02. The van der Waals surface area contributed by atoms with Gasteiger partial charge in [0, 0.05) is 43.9 Å². The molecule has 7 heteroatoms. The van der Waals surface area contributed by atoms with Crippen molar-refractivity contribution in [2.24, 2.45) is 0 Å². The molecule has 7 aromatic carbocycles. The molecule has 0 saturated carbocycles. The highest BCUT2D eigenvalue weighted by atomic mass is 15.0. The van der Waals surface area contributed by atoms with Crippen molar-refractivity contribution in [3.63, 3.8) is 0 Å². The van der Waals surface area contributed by atoms with Crippen LogP contribution in [-0.2, 0) is 0 Å². The smallest absolute Gasteiger partial charge is 0.164 e. The Morgan fingerprint density at radius 3 is 1.52 bits per heavy atom. The van der Waals surface area contributed by atoms with E-state index < -0.39 is 0 Å². The van der Waals surface area contributed by atoms with Gasteiger partial charge in [0.15, 0.2) is 17.5 Å². The van der Waals surface area contributed by atoms with Gasteiger partial charge in [0.05, 0.1) is 45.0 Å². The minimum atomic E-state index is 0.489. The zero-order valence-corrected chi connectivity index (χ0v) is 28.7. The van der Waals surface area contributed by atoms with Crippen molar-refractivity contribution < 1.29 is 0 Å². The molecule has 0 radical (unpaired) electrons. The number of hydrogen-bond acceptors (Lipinski definition) is 5. The normalized spacial score (nSPS) is 11.3. The quantitative estimate of drug-likeness (QED) is 0.179. The molecular formula is C47H27N7. The number of rotatable bonds is 5. The monoisotopic (exact) mass is 689 g/mol. The molecule has 0 aliphatic heterocycles. The number of para-hydroxylation sites is 2. The van der Waals surface area contributed by atoms with Gasteiger partial charge in [-0.05, 0) is 60.7 Å². The summed E-state index contributed by atoms with van der Waals surface area (Å²) >= 11 is 0. The molecule has 0 fully saturated rings. The average molecular weight is 690 g/mol. The van der Waals surface area contributed by atoms with E-state index in [1.165, 1.54) is 0 Å². The summed E-state index contributed by atoms with van der Waals surface area (Å²) in [7, 11) is 0. The first kappa shape index (κ1) is 30.9. The number of nitriles is 2. The van der Waals surface area contributed by atoms with E-state index >= 15 is 0 Å². The number of benzene rings is 7. The third-order valence-corrected chi connectivity index (χ3v) is 10.0. The maximum atomic E-state index is 10.7. The minimum Gasteiger partial charge on any atom is -0.309 e. The Hall–Kier alpha value is -7.87. The van der Waals surface area contributed by atoms with Crippen molar-refractivity contribution in [1.82, 2.24) is 24.1 Å². The SMILES string of the molecule is N#Cc1cccc(-n2c3ccccc3c3cc4c(cc32)c2ccccc2n4-c2ccc(-c3nc(-c4ccccc4)nc(-c4ccccc4)n3)cc2C#N)c1. The molecule has 3 heterocycles. The Morgan fingerprint density at radius 2 is 0.926 bits per heavy atom. The summed E-state index contributed by atoms with van der Waals surface area (Å²) in [5.41, 5.74) is 9.33. The molecule has 3 aromatic heterocycles. The standard InChI is InChI=1S/C47H27N7/c48-28-30-12-11-17-35(24-30)53-41-20-9-7-18-36(41)38-27-44-39(26-43(38)53)37-19-8-10-21-42(37)54(44)40-23-22-33(25-34(40)29-49)47-51-45(31-13-3-1-4-14-31)50-46(52-47)32-15-5-2-6-16-32/h1-27H. The second-order valence-electron chi connectivity index (χ2n) is 13.1. The number of aromatic nitrogens is 5. The van der Waals surface area contributed by atoms with Crippen molar-refractivity contribution in [1.29, 1.82) is 10.5 Å². The predicted molar refractivity (Wildman–Crippen MR) is 214 cm³/mol. The van der Waals surface area contributed by atoms with Crippen LogP contribution in [0, 0.1) is 22.7 Å². The summed E-state index contributed by atoms with van der Waals surface area (Å²) in [6.45, 7) is 0. The summed E-state index contributed by atoms with van der Waals surface area (Å²) in [6.07, 6.45) is 0. The zero-order chi connectivity index (χ0) is 36.2. The second kappa shape index (κ2) is 12.4. The molecule has 54 heavy (non-hydrogen) atoms. The summed E-state index contributed by atoms with van der Waals surface area (Å²) in [6, 6.07) is 59.2. The van der Waals surface area contributed by atoms with Gasteiger partial charge < -0.3 is 9.13 Å². The second-order valence-corrected chi connectivity index (χ2v) is 13.1. The molecule has 0 amide bonds. The molecule has 0 saturated heterocycles. The van der Waals surface area contributed by atoms with E-state index in [-0.39, 0.29) is 0 Å². The highest BCUT2D eigenvalue weighted by Crippen LogP contribution is 2.40. The highest BCUT2D eigenvalue weighted by molar-refractivity contribution is 6.19. The molecular weight excluding hydrogens is 663 g/mol. The summed E-state index contributed by atoms with van der Waals surface area (Å²) < 4.78 is 4.42. The van der Waals surface area contributed by atoms with Crippen molar-refractivity contribution in [3.05, 3.63) is 175 Å². The first-order chi connectivity index (χ1) is 26.7. The number of hydrogen-bond donors (Lipinski definition) is 0. The predicted octanol–water partition coefficient (Wildman–Crippen LogP) is 10.8. The number of nitrogens with zero attached hydrogens (tertiary/aromatic N) is 7. The number of fused-ring (bicyclic) bond motifs is 6. The Labute approximate surface area is 309 Å². The summed E-state index contributed by atoms with van der Waals surface area (Å²) in [4.78, 5) is 14.7. The summed E-state index contributed by atoms with van der Waals surface area (Å²) in [5.74, 6) is 1.61. The molecule has 0 spiro atoms. The molecule has 250 valence electrons. The maximum absolute atomic E-state index is 10.7. The Balaban J connectivity index is 1.20. The van der Waals surface area contributed by atoms with Crippen LogP contribution in [0.5, 0.6) is 0 Å². The third-order valence-electron chi connectivity index (χ3n) is 10.0. The molecule has 10 rings (SSSR count). The van der Waals surface area contributed by atoms with Crippen LogP contribution in [-0.4, -0.2) is 24.1 Å². The fraction of sp³-hybridized carbons (Fsp3) is 0. The van der Waals surface area contributed by atoms with Gasteiger partial charge in [-0.1, -0.05) is 103 Å². The Bertz CT molecular complexity index is 3120. The first-order valence-electron chi connectivity index (χ1n) is 17.6. The average Bonchev–Trinajstić information content (AvgIpc) is 3.75.